The first-order valence-electron chi connectivity index (χ1n) is 8.41. The number of aliphatic imine (C=N–C) groups is 1. The second kappa shape index (κ2) is 9.20. The van der Waals surface area contributed by atoms with E-state index in [1.807, 2.05) is 24.1 Å². The third kappa shape index (κ3) is 6.12. The molecule has 0 spiro atoms. The van der Waals surface area contributed by atoms with Crippen molar-refractivity contribution < 1.29 is 13.2 Å². The van der Waals surface area contributed by atoms with Crippen molar-refractivity contribution in [3.05, 3.63) is 53.3 Å². The highest BCUT2D eigenvalue weighted by Crippen LogP contribution is 2.27. The highest BCUT2D eigenvalue weighted by molar-refractivity contribution is 5.79. The first-order chi connectivity index (χ1) is 12.8. The van der Waals surface area contributed by atoms with Crippen LogP contribution in [0, 0.1) is 6.92 Å². The van der Waals surface area contributed by atoms with Gasteiger partial charge in [-0.05, 0) is 24.1 Å². The summed E-state index contributed by atoms with van der Waals surface area (Å²) in [6.07, 6.45) is -3.40. The van der Waals surface area contributed by atoms with Crippen LogP contribution < -0.4 is 10.6 Å². The molecule has 146 valence electrons. The molecule has 0 saturated heterocycles. The SMILES string of the molecule is CN=C(NCCNc1nccc(C(F)(F)F)n1)N(C)Cc1ccccc1C. The lowest BCUT2D eigenvalue weighted by Crippen LogP contribution is -2.40. The molecule has 9 heteroatoms. The monoisotopic (exact) mass is 380 g/mol. The summed E-state index contributed by atoms with van der Waals surface area (Å²) in [4.78, 5) is 13.5. The molecule has 0 radical (unpaired) electrons. The topological polar surface area (TPSA) is 65.4 Å². The lowest BCUT2D eigenvalue weighted by Gasteiger charge is -2.23. The molecule has 0 aliphatic heterocycles. The smallest absolute Gasteiger partial charge is 0.354 e. The van der Waals surface area contributed by atoms with Crippen LogP contribution in [0.25, 0.3) is 0 Å². The summed E-state index contributed by atoms with van der Waals surface area (Å²) in [5, 5.41) is 5.94. The number of aryl methyl sites for hydroxylation is 1. The molecule has 0 bridgehead atoms. The van der Waals surface area contributed by atoms with Crippen LogP contribution in [0.1, 0.15) is 16.8 Å². The molecular weight excluding hydrogens is 357 g/mol. The van der Waals surface area contributed by atoms with Crippen LogP contribution in [0.3, 0.4) is 0 Å². The predicted octanol–water partition coefficient (Wildman–Crippen LogP) is 2.92. The molecule has 2 N–H and O–H groups in total. The maximum atomic E-state index is 12.7. The number of alkyl halides is 3. The lowest BCUT2D eigenvalue weighted by molar-refractivity contribution is -0.141. The number of benzene rings is 1. The summed E-state index contributed by atoms with van der Waals surface area (Å²) in [5.74, 6) is 0.625. The quantitative estimate of drug-likeness (QED) is 0.458. The summed E-state index contributed by atoms with van der Waals surface area (Å²) in [7, 11) is 3.60. The number of hydrogen-bond donors (Lipinski definition) is 2. The number of rotatable bonds is 6. The molecule has 0 aliphatic rings. The minimum atomic E-state index is -4.49. The van der Waals surface area contributed by atoms with Crippen molar-refractivity contribution in [1.82, 2.24) is 20.2 Å². The van der Waals surface area contributed by atoms with Crippen molar-refractivity contribution in [2.75, 3.05) is 32.5 Å². The van der Waals surface area contributed by atoms with E-state index in [1.54, 1.807) is 7.05 Å². The first kappa shape index (κ1) is 20.5. The second-order valence-electron chi connectivity index (χ2n) is 5.95. The highest BCUT2D eigenvalue weighted by Gasteiger charge is 2.32. The van der Waals surface area contributed by atoms with Crippen molar-refractivity contribution in [2.45, 2.75) is 19.6 Å². The maximum Gasteiger partial charge on any atom is 0.433 e. The van der Waals surface area contributed by atoms with Crippen molar-refractivity contribution in [3.8, 4) is 0 Å². The van der Waals surface area contributed by atoms with E-state index in [1.165, 1.54) is 11.1 Å². The normalized spacial score (nSPS) is 12.0. The Morgan fingerprint density at radius 1 is 1.19 bits per heavy atom. The number of hydrogen-bond acceptors (Lipinski definition) is 4. The molecule has 2 aromatic rings. The van der Waals surface area contributed by atoms with Gasteiger partial charge in [-0.25, -0.2) is 9.97 Å². The van der Waals surface area contributed by atoms with Gasteiger partial charge in [0.1, 0.15) is 5.69 Å². The fourth-order valence-electron chi connectivity index (χ4n) is 2.45. The number of halogens is 3. The van der Waals surface area contributed by atoms with Crippen molar-refractivity contribution in [2.24, 2.45) is 4.99 Å². The molecule has 1 heterocycles. The van der Waals surface area contributed by atoms with Crippen LogP contribution in [0.15, 0.2) is 41.5 Å². The number of nitrogens with zero attached hydrogens (tertiary/aromatic N) is 4. The minimum Gasteiger partial charge on any atom is -0.354 e. The Kier molecular flexibility index (Phi) is 6.98. The van der Waals surface area contributed by atoms with E-state index in [0.717, 1.165) is 12.3 Å². The molecule has 0 aliphatic carbocycles. The minimum absolute atomic E-state index is 0.0603. The Balaban J connectivity index is 1.84. The van der Waals surface area contributed by atoms with Crippen molar-refractivity contribution in [3.63, 3.8) is 0 Å². The molecule has 1 aromatic carbocycles. The van der Waals surface area contributed by atoms with E-state index in [0.29, 0.717) is 25.6 Å². The second-order valence-corrected chi connectivity index (χ2v) is 5.95. The Morgan fingerprint density at radius 3 is 2.59 bits per heavy atom. The van der Waals surface area contributed by atoms with Gasteiger partial charge in [-0.15, -0.1) is 0 Å². The van der Waals surface area contributed by atoms with Gasteiger partial charge in [-0.3, -0.25) is 4.99 Å². The van der Waals surface area contributed by atoms with Crippen molar-refractivity contribution in [1.29, 1.82) is 0 Å². The number of guanidine groups is 1. The van der Waals surface area contributed by atoms with Crippen LogP contribution in [-0.4, -0.2) is 48.0 Å². The molecule has 2 rings (SSSR count). The molecule has 0 saturated carbocycles. The standard InChI is InChI=1S/C18H23F3N6/c1-13-6-4-5-7-14(13)12-27(3)17(22-2)25-11-10-24-16-23-9-8-15(26-16)18(19,20)21/h4-9H,10-12H2,1-3H3,(H,22,25)(H,23,24,26). The molecule has 1 aromatic heterocycles. The number of anilines is 1. The fraction of sp³-hybridized carbons (Fsp3) is 0.389. The van der Waals surface area contributed by atoms with E-state index in [-0.39, 0.29) is 5.95 Å². The maximum absolute atomic E-state index is 12.7. The van der Waals surface area contributed by atoms with Crippen LogP contribution >= 0.6 is 0 Å². The average molecular weight is 380 g/mol. The number of aromatic nitrogens is 2. The summed E-state index contributed by atoms with van der Waals surface area (Å²) in [6.45, 7) is 3.54. The van der Waals surface area contributed by atoms with Crippen LogP contribution in [0.2, 0.25) is 0 Å². The Labute approximate surface area is 156 Å². The molecule has 0 amide bonds. The Bertz CT molecular complexity index is 776. The molecule has 6 nitrogen and oxygen atoms in total. The van der Waals surface area contributed by atoms with Gasteiger partial charge >= 0.3 is 6.18 Å². The molecule has 0 unspecified atom stereocenters. The third-order valence-electron chi connectivity index (χ3n) is 3.88. The number of nitrogens with one attached hydrogen (secondary N) is 2. The van der Waals surface area contributed by atoms with Crippen molar-refractivity contribution >= 4 is 11.9 Å². The van der Waals surface area contributed by atoms with Crippen LogP contribution in [0.4, 0.5) is 19.1 Å². The van der Waals surface area contributed by atoms with E-state index in [2.05, 4.69) is 44.7 Å². The zero-order chi connectivity index (χ0) is 19.9. The van der Waals surface area contributed by atoms with Crippen LogP contribution in [0.5, 0.6) is 0 Å². The predicted molar refractivity (Wildman–Crippen MR) is 99.5 cm³/mol. The molecule has 0 fully saturated rings. The van der Waals surface area contributed by atoms with Gasteiger partial charge in [0.05, 0.1) is 0 Å². The largest absolute Gasteiger partial charge is 0.433 e. The zero-order valence-corrected chi connectivity index (χ0v) is 15.5. The third-order valence-corrected chi connectivity index (χ3v) is 3.88. The Morgan fingerprint density at radius 2 is 1.93 bits per heavy atom. The van der Waals surface area contributed by atoms with Gasteiger partial charge < -0.3 is 15.5 Å². The Hall–Kier alpha value is -2.84. The van der Waals surface area contributed by atoms with E-state index >= 15 is 0 Å². The van der Waals surface area contributed by atoms with E-state index in [4.69, 9.17) is 0 Å². The van der Waals surface area contributed by atoms with Gasteiger partial charge in [0.2, 0.25) is 5.95 Å². The van der Waals surface area contributed by atoms with E-state index in [9.17, 15) is 13.2 Å². The fourth-order valence-corrected chi connectivity index (χ4v) is 2.45. The van der Waals surface area contributed by atoms with Gasteiger partial charge in [0.15, 0.2) is 5.96 Å². The van der Waals surface area contributed by atoms with Gasteiger partial charge in [-0.2, -0.15) is 13.2 Å². The molecule has 27 heavy (non-hydrogen) atoms. The molecule has 0 atom stereocenters. The first-order valence-corrected chi connectivity index (χ1v) is 8.41. The lowest BCUT2D eigenvalue weighted by atomic mass is 10.1. The van der Waals surface area contributed by atoms with Gasteiger partial charge in [0.25, 0.3) is 0 Å². The average Bonchev–Trinajstić information content (AvgIpc) is 2.63. The highest BCUT2D eigenvalue weighted by atomic mass is 19.4. The van der Waals surface area contributed by atoms with Gasteiger partial charge in [0, 0.05) is 39.9 Å². The summed E-state index contributed by atoms with van der Waals surface area (Å²) in [6, 6.07) is 8.94. The zero-order valence-electron chi connectivity index (χ0n) is 15.5. The summed E-state index contributed by atoms with van der Waals surface area (Å²) >= 11 is 0. The van der Waals surface area contributed by atoms with Crippen LogP contribution in [-0.2, 0) is 12.7 Å². The van der Waals surface area contributed by atoms with Gasteiger partial charge in [-0.1, -0.05) is 24.3 Å². The molecular formula is C18H23F3N6. The summed E-state index contributed by atoms with van der Waals surface area (Å²) in [5.41, 5.74) is 1.42. The van der Waals surface area contributed by atoms with E-state index < -0.39 is 11.9 Å². The summed E-state index contributed by atoms with van der Waals surface area (Å²) < 4.78 is 38.0.